The number of aromatic nitrogens is 3. The highest BCUT2D eigenvalue weighted by Crippen LogP contribution is 2.27. The van der Waals surface area contributed by atoms with Gasteiger partial charge in [0.05, 0.1) is 6.61 Å². The van der Waals surface area contributed by atoms with Gasteiger partial charge in [0.15, 0.2) is 11.5 Å². The lowest BCUT2D eigenvalue weighted by atomic mass is 10.2. The van der Waals surface area contributed by atoms with E-state index in [4.69, 9.17) is 4.74 Å². The van der Waals surface area contributed by atoms with Crippen molar-refractivity contribution in [3.05, 3.63) is 77.3 Å². The molecular weight excluding hydrogens is 421 g/mol. The summed E-state index contributed by atoms with van der Waals surface area (Å²) in [5.74, 6) is -3.59. The molecule has 0 fully saturated rings. The summed E-state index contributed by atoms with van der Waals surface area (Å²) in [5, 5.41) is 25.2. The zero-order valence-corrected chi connectivity index (χ0v) is 16.9. The fourth-order valence-electron chi connectivity index (χ4n) is 2.72. The topological polar surface area (TPSA) is 147 Å². The average molecular weight is 441 g/mol. The van der Waals surface area contributed by atoms with Gasteiger partial charge in [0.2, 0.25) is 5.75 Å². The van der Waals surface area contributed by atoms with E-state index in [1.54, 1.807) is 12.1 Å². The predicted molar refractivity (Wildman–Crippen MR) is 109 cm³/mol. The van der Waals surface area contributed by atoms with Crippen LogP contribution in [-0.2, 0) is 11.3 Å². The van der Waals surface area contributed by atoms with Crippen molar-refractivity contribution in [2.24, 2.45) is 0 Å². The molecule has 0 spiro atoms. The van der Waals surface area contributed by atoms with E-state index in [2.05, 4.69) is 25.6 Å². The summed E-state index contributed by atoms with van der Waals surface area (Å²) >= 11 is 0. The number of carbonyl (C=O) groups is 2. The number of halogens is 1. The molecule has 0 saturated heterocycles. The molecule has 2 aromatic heterocycles. The third-order valence-electron chi connectivity index (χ3n) is 4.31. The van der Waals surface area contributed by atoms with Crippen molar-refractivity contribution in [3.63, 3.8) is 0 Å². The van der Waals surface area contributed by atoms with E-state index in [-0.39, 0.29) is 24.7 Å². The molecule has 2 amide bonds. The molecule has 0 saturated carbocycles. The normalized spacial score (nSPS) is 11.6. The Morgan fingerprint density at radius 2 is 1.84 bits per heavy atom. The van der Waals surface area contributed by atoms with E-state index in [9.17, 15) is 24.2 Å². The van der Waals surface area contributed by atoms with Gasteiger partial charge in [-0.2, -0.15) is 4.98 Å². The summed E-state index contributed by atoms with van der Waals surface area (Å²) in [7, 11) is 1.39. The van der Waals surface area contributed by atoms with Gasteiger partial charge < -0.3 is 25.6 Å². The number of pyridine rings is 1. The molecule has 3 aromatic rings. The third kappa shape index (κ3) is 5.52. The standard InChI is InChI=1S/C21H20FN5O5/c1-32-11-15(25-19(29)14-4-2-3-9-23-14)18-26-16(17(28)21(31)27-18)20(30)24-10-12-5-7-13(22)8-6-12/h2-9,15,28H,10-11H2,1H3,(H,24,30)(H,25,29)(H,26,27,31). The zero-order valence-electron chi connectivity index (χ0n) is 16.9. The molecule has 166 valence electrons. The van der Waals surface area contributed by atoms with Gasteiger partial charge in [-0.25, -0.2) is 9.37 Å². The number of rotatable bonds is 8. The van der Waals surface area contributed by atoms with Crippen LogP contribution < -0.4 is 10.6 Å². The lowest BCUT2D eigenvalue weighted by Crippen LogP contribution is -2.34. The number of hydrogen-bond donors (Lipinski definition) is 4. The zero-order chi connectivity index (χ0) is 23.1. The van der Waals surface area contributed by atoms with Gasteiger partial charge in [-0.15, -0.1) is 0 Å². The molecule has 3 rings (SSSR count). The number of amides is 2. The highest BCUT2D eigenvalue weighted by Gasteiger charge is 2.25. The monoisotopic (exact) mass is 441 g/mol. The minimum Gasteiger partial charge on any atom is -0.501 e. The number of hydrogen-bond acceptors (Lipinski definition) is 8. The van der Waals surface area contributed by atoms with Crippen LogP contribution in [0.1, 0.15) is 38.4 Å². The largest absolute Gasteiger partial charge is 0.501 e. The Balaban J connectivity index is 1.81. The van der Waals surface area contributed by atoms with Crippen molar-refractivity contribution in [3.8, 4) is 11.6 Å². The van der Waals surface area contributed by atoms with Crippen molar-refractivity contribution in [2.75, 3.05) is 13.7 Å². The maximum atomic E-state index is 13.0. The van der Waals surface area contributed by atoms with Crippen LogP contribution >= 0.6 is 0 Å². The van der Waals surface area contributed by atoms with Crippen LogP contribution in [0.3, 0.4) is 0 Å². The van der Waals surface area contributed by atoms with Gasteiger partial charge in [-0.05, 0) is 29.8 Å². The van der Waals surface area contributed by atoms with Crippen LogP contribution in [0.4, 0.5) is 4.39 Å². The molecule has 0 bridgehead atoms. The van der Waals surface area contributed by atoms with Crippen LogP contribution in [-0.4, -0.2) is 50.7 Å². The van der Waals surface area contributed by atoms with Gasteiger partial charge >= 0.3 is 0 Å². The van der Waals surface area contributed by atoms with E-state index in [1.807, 2.05) is 0 Å². The van der Waals surface area contributed by atoms with Crippen LogP contribution in [0.5, 0.6) is 11.6 Å². The van der Waals surface area contributed by atoms with E-state index in [1.165, 1.54) is 43.6 Å². The fraction of sp³-hybridized carbons (Fsp3) is 0.190. The highest BCUT2D eigenvalue weighted by atomic mass is 19.1. The van der Waals surface area contributed by atoms with Crippen molar-refractivity contribution in [1.82, 2.24) is 25.6 Å². The second-order valence-electron chi connectivity index (χ2n) is 6.61. The number of carbonyl (C=O) groups excluding carboxylic acids is 2. The number of benzene rings is 1. The minimum atomic E-state index is -0.954. The van der Waals surface area contributed by atoms with Crippen LogP contribution in [0.15, 0.2) is 48.7 Å². The van der Waals surface area contributed by atoms with E-state index in [0.29, 0.717) is 5.56 Å². The smallest absolute Gasteiger partial charge is 0.274 e. The SMILES string of the molecule is COCC(NC(=O)c1ccccn1)c1nc(O)c(O)c(C(=O)NCc2ccc(F)cc2)n1. The highest BCUT2D eigenvalue weighted by molar-refractivity contribution is 5.95. The van der Waals surface area contributed by atoms with E-state index in [0.717, 1.165) is 0 Å². The van der Waals surface area contributed by atoms with Crippen LogP contribution in [0, 0.1) is 5.82 Å². The summed E-state index contributed by atoms with van der Waals surface area (Å²) in [6, 6.07) is 9.30. The first kappa shape index (κ1) is 22.6. The fourth-order valence-corrected chi connectivity index (χ4v) is 2.72. The van der Waals surface area contributed by atoms with Gasteiger partial charge in [-0.1, -0.05) is 18.2 Å². The molecule has 1 atom stereocenters. The van der Waals surface area contributed by atoms with Gasteiger partial charge in [0.25, 0.3) is 17.7 Å². The summed E-state index contributed by atoms with van der Waals surface area (Å²) < 4.78 is 18.1. The van der Waals surface area contributed by atoms with Gasteiger partial charge in [0, 0.05) is 19.9 Å². The lowest BCUT2D eigenvalue weighted by molar-refractivity contribution is 0.0886. The number of nitrogens with zero attached hydrogens (tertiary/aromatic N) is 3. The van der Waals surface area contributed by atoms with Gasteiger partial charge in [-0.3, -0.25) is 14.6 Å². The van der Waals surface area contributed by atoms with E-state index >= 15 is 0 Å². The number of methoxy groups -OCH3 is 1. The van der Waals surface area contributed by atoms with Crippen molar-refractivity contribution < 1.29 is 28.9 Å². The average Bonchev–Trinajstić information content (AvgIpc) is 2.80. The summed E-state index contributed by atoms with van der Waals surface area (Å²) in [5.41, 5.74) is 0.245. The maximum absolute atomic E-state index is 13.0. The third-order valence-corrected chi connectivity index (χ3v) is 4.31. The molecule has 1 aromatic carbocycles. The summed E-state index contributed by atoms with van der Waals surface area (Å²) in [6.07, 6.45) is 1.45. The second-order valence-corrected chi connectivity index (χ2v) is 6.61. The molecule has 0 aliphatic carbocycles. The van der Waals surface area contributed by atoms with Crippen molar-refractivity contribution >= 4 is 11.8 Å². The molecule has 0 radical (unpaired) electrons. The first-order valence-electron chi connectivity index (χ1n) is 9.42. The first-order chi connectivity index (χ1) is 15.4. The molecule has 0 aliphatic heterocycles. The summed E-state index contributed by atoms with van der Waals surface area (Å²) in [6.45, 7) is -0.0595. The Labute approximate surface area is 182 Å². The van der Waals surface area contributed by atoms with Gasteiger partial charge in [0.1, 0.15) is 17.6 Å². The molecular formula is C21H20FN5O5. The quantitative estimate of drug-likeness (QED) is 0.411. The maximum Gasteiger partial charge on any atom is 0.274 e. The van der Waals surface area contributed by atoms with Crippen molar-refractivity contribution in [2.45, 2.75) is 12.6 Å². The predicted octanol–water partition coefficient (Wildman–Crippen LogP) is 1.47. The Bertz CT molecular complexity index is 1100. The second kappa shape index (κ2) is 10.3. The summed E-state index contributed by atoms with van der Waals surface area (Å²) in [4.78, 5) is 36.7. The molecule has 11 heteroatoms. The lowest BCUT2D eigenvalue weighted by Gasteiger charge is -2.18. The number of nitrogens with one attached hydrogen (secondary N) is 2. The molecule has 2 heterocycles. The molecule has 0 aliphatic rings. The Hall–Kier alpha value is -4.12. The Kier molecular flexibility index (Phi) is 7.24. The minimum absolute atomic E-state index is 0.0244. The Morgan fingerprint density at radius 1 is 1.09 bits per heavy atom. The Morgan fingerprint density at radius 3 is 2.50 bits per heavy atom. The van der Waals surface area contributed by atoms with Crippen LogP contribution in [0.2, 0.25) is 0 Å². The number of ether oxygens (including phenoxy) is 1. The number of aromatic hydroxyl groups is 2. The molecule has 1 unspecified atom stereocenters. The molecule has 4 N–H and O–H groups in total. The van der Waals surface area contributed by atoms with E-state index < -0.39 is 41.0 Å². The first-order valence-corrected chi connectivity index (χ1v) is 9.42. The molecule has 10 nitrogen and oxygen atoms in total. The van der Waals surface area contributed by atoms with Crippen molar-refractivity contribution in [1.29, 1.82) is 0 Å². The molecule has 32 heavy (non-hydrogen) atoms. The van der Waals surface area contributed by atoms with Crippen LogP contribution in [0.25, 0.3) is 0 Å².